The summed E-state index contributed by atoms with van der Waals surface area (Å²) < 4.78 is 5.13. The zero-order chi connectivity index (χ0) is 23.6. The van der Waals surface area contributed by atoms with Crippen LogP contribution in [0.5, 0.6) is 5.75 Å². The van der Waals surface area contributed by atoms with Crippen LogP contribution in [-0.4, -0.2) is 46.6 Å². The average Bonchev–Trinajstić information content (AvgIpc) is 3.03. The second kappa shape index (κ2) is 8.58. The molecule has 1 unspecified atom stereocenters. The topological polar surface area (TPSA) is 133 Å². The van der Waals surface area contributed by atoms with E-state index in [1.54, 1.807) is 61.5 Å². The van der Waals surface area contributed by atoms with Gasteiger partial charge >= 0.3 is 6.03 Å². The first kappa shape index (κ1) is 21.8. The second-order valence-electron chi connectivity index (χ2n) is 7.61. The molecule has 2 heterocycles. The van der Waals surface area contributed by atoms with Crippen LogP contribution in [0, 0.1) is 0 Å². The third kappa shape index (κ3) is 4.31. The van der Waals surface area contributed by atoms with E-state index in [0.29, 0.717) is 28.3 Å². The highest BCUT2D eigenvalue weighted by Crippen LogP contribution is 2.30. The normalized spacial score (nSPS) is 17.6. The monoisotopic (exact) mass is 447 g/mol. The van der Waals surface area contributed by atoms with E-state index in [-0.39, 0.29) is 5.56 Å². The molecule has 4 rings (SSSR count). The van der Waals surface area contributed by atoms with Gasteiger partial charge in [-0.05, 0) is 42.8 Å². The molecule has 1 atom stereocenters. The number of anilines is 1. The molecular formula is C23H21N5O5. The fraction of sp³-hybridized carbons (Fsp3) is 0.174. The van der Waals surface area contributed by atoms with Gasteiger partial charge in [0.2, 0.25) is 5.91 Å². The minimum absolute atomic E-state index is 0.321. The standard InChI is InChI=1S/C23H21N5O5/c1-23(15-6-8-17(33-2)9-7-15)21(31)28(22(32)25-23)13-20(30)24-16-5-3-4-14(12-16)18-10-11-19(29)27-26-18/h3-12H,13H2,1-2H3,(H,24,30)(H,25,32)(H,27,29). The lowest BCUT2D eigenvalue weighted by Crippen LogP contribution is -2.42. The highest BCUT2D eigenvalue weighted by Gasteiger charge is 2.49. The zero-order valence-corrected chi connectivity index (χ0v) is 17.9. The number of ether oxygens (including phenoxy) is 1. The van der Waals surface area contributed by atoms with Crippen LogP contribution in [0.1, 0.15) is 12.5 Å². The molecule has 1 aliphatic rings. The number of rotatable bonds is 6. The molecule has 10 nitrogen and oxygen atoms in total. The van der Waals surface area contributed by atoms with Gasteiger partial charge in [-0.1, -0.05) is 24.3 Å². The van der Waals surface area contributed by atoms with Crippen molar-refractivity contribution in [2.45, 2.75) is 12.5 Å². The van der Waals surface area contributed by atoms with E-state index < -0.39 is 29.9 Å². The van der Waals surface area contributed by atoms with E-state index in [1.165, 1.54) is 13.2 Å². The number of nitrogens with one attached hydrogen (secondary N) is 3. The van der Waals surface area contributed by atoms with Crippen molar-refractivity contribution in [3.63, 3.8) is 0 Å². The number of urea groups is 1. The van der Waals surface area contributed by atoms with E-state index >= 15 is 0 Å². The zero-order valence-electron chi connectivity index (χ0n) is 17.9. The Morgan fingerprint density at radius 2 is 1.85 bits per heavy atom. The molecule has 33 heavy (non-hydrogen) atoms. The maximum atomic E-state index is 13.0. The van der Waals surface area contributed by atoms with Gasteiger partial charge in [-0.15, -0.1) is 0 Å². The molecule has 0 radical (unpaired) electrons. The molecule has 1 aromatic heterocycles. The predicted molar refractivity (Wildman–Crippen MR) is 120 cm³/mol. The Hall–Kier alpha value is -4.47. The smallest absolute Gasteiger partial charge is 0.325 e. The fourth-order valence-corrected chi connectivity index (χ4v) is 3.57. The van der Waals surface area contributed by atoms with Gasteiger partial charge in [0, 0.05) is 17.3 Å². The first-order valence-electron chi connectivity index (χ1n) is 10.0. The lowest BCUT2D eigenvalue weighted by Gasteiger charge is -2.22. The number of hydrogen-bond donors (Lipinski definition) is 3. The van der Waals surface area contributed by atoms with Gasteiger partial charge < -0.3 is 15.4 Å². The van der Waals surface area contributed by atoms with E-state index in [4.69, 9.17) is 4.74 Å². The van der Waals surface area contributed by atoms with Crippen molar-refractivity contribution in [1.82, 2.24) is 20.4 Å². The lowest BCUT2D eigenvalue weighted by molar-refractivity contribution is -0.133. The molecule has 10 heteroatoms. The van der Waals surface area contributed by atoms with Crippen LogP contribution >= 0.6 is 0 Å². The molecular weight excluding hydrogens is 426 g/mol. The number of H-pyrrole nitrogens is 1. The third-order valence-corrected chi connectivity index (χ3v) is 5.37. The Morgan fingerprint density at radius 3 is 2.52 bits per heavy atom. The lowest BCUT2D eigenvalue weighted by atomic mass is 9.92. The summed E-state index contributed by atoms with van der Waals surface area (Å²) in [5.41, 5.74) is 0.611. The average molecular weight is 447 g/mol. The summed E-state index contributed by atoms with van der Waals surface area (Å²) in [6.07, 6.45) is 0. The van der Waals surface area contributed by atoms with E-state index in [1.807, 2.05) is 0 Å². The summed E-state index contributed by atoms with van der Waals surface area (Å²) >= 11 is 0. The highest BCUT2D eigenvalue weighted by molar-refractivity contribution is 6.10. The summed E-state index contributed by atoms with van der Waals surface area (Å²) in [7, 11) is 1.53. The quantitative estimate of drug-likeness (QED) is 0.494. The number of aromatic amines is 1. The minimum atomic E-state index is -1.29. The number of benzene rings is 2. The van der Waals surface area contributed by atoms with E-state index in [0.717, 1.165) is 4.90 Å². The first-order valence-corrected chi connectivity index (χ1v) is 10.0. The summed E-state index contributed by atoms with van der Waals surface area (Å²) in [6, 6.07) is 15.9. The van der Waals surface area contributed by atoms with Crippen LogP contribution < -0.4 is 20.9 Å². The van der Waals surface area contributed by atoms with Crippen LogP contribution in [-0.2, 0) is 15.1 Å². The molecule has 1 aliphatic heterocycles. The summed E-state index contributed by atoms with van der Waals surface area (Å²) in [5, 5.41) is 11.7. The molecule has 2 aromatic carbocycles. The Balaban J connectivity index is 1.47. The number of carbonyl (C=O) groups is 3. The van der Waals surface area contributed by atoms with Crippen LogP contribution in [0.25, 0.3) is 11.3 Å². The Bertz CT molecular complexity index is 1270. The molecule has 3 aromatic rings. The van der Waals surface area contributed by atoms with Crippen LogP contribution in [0.2, 0.25) is 0 Å². The maximum Gasteiger partial charge on any atom is 0.325 e. The van der Waals surface area contributed by atoms with Gasteiger partial charge in [0.05, 0.1) is 12.8 Å². The number of carbonyl (C=O) groups excluding carboxylic acids is 3. The number of aromatic nitrogens is 2. The first-order chi connectivity index (χ1) is 15.8. The van der Waals surface area contributed by atoms with E-state index in [2.05, 4.69) is 20.8 Å². The van der Waals surface area contributed by atoms with E-state index in [9.17, 15) is 19.2 Å². The number of methoxy groups -OCH3 is 1. The number of imide groups is 1. The van der Waals surface area contributed by atoms with Gasteiger partial charge in [-0.25, -0.2) is 9.89 Å². The predicted octanol–water partition coefficient (Wildman–Crippen LogP) is 1.85. The maximum absolute atomic E-state index is 13.0. The van der Waals surface area contributed by atoms with Gasteiger partial charge in [0.1, 0.15) is 17.8 Å². The molecule has 1 fully saturated rings. The van der Waals surface area contributed by atoms with Gasteiger partial charge in [-0.2, -0.15) is 5.10 Å². The highest BCUT2D eigenvalue weighted by atomic mass is 16.5. The number of hydrogen-bond acceptors (Lipinski definition) is 6. The molecule has 0 aliphatic carbocycles. The van der Waals surface area contributed by atoms with Gasteiger partial charge in [0.15, 0.2) is 0 Å². The number of amides is 4. The van der Waals surface area contributed by atoms with Gasteiger partial charge in [0.25, 0.3) is 11.5 Å². The summed E-state index contributed by atoms with van der Waals surface area (Å²) in [5.74, 6) is -0.447. The van der Waals surface area contributed by atoms with Crippen molar-refractivity contribution >= 4 is 23.5 Å². The molecule has 168 valence electrons. The minimum Gasteiger partial charge on any atom is -0.497 e. The molecule has 0 saturated carbocycles. The number of nitrogens with zero attached hydrogens (tertiary/aromatic N) is 2. The van der Waals surface area contributed by atoms with Crippen LogP contribution in [0.15, 0.2) is 65.5 Å². The molecule has 0 spiro atoms. The second-order valence-corrected chi connectivity index (χ2v) is 7.61. The van der Waals surface area contributed by atoms with Crippen LogP contribution in [0.4, 0.5) is 10.5 Å². The summed E-state index contributed by atoms with van der Waals surface area (Å²) in [4.78, 5) is 50.2. The third-order valence-electron chi connectivity index (χ3n) is 5.37. The molecule has 0 bridgehead atoms. The van der Waals surface area contributed by atoms with Crippen molar-refractivity contribution in [2.24, 2.45) is 0 Å². The van der Waals surface area contributed by atoms with Crippen LogP contribution in [0.3, 0.4) is 0 Å². The molecule has 1 saturated heterocycles. The fourth-order valence-electron chi connectivity index (χ4n) is 3.57. The van der Waals surface area contributed by atoms with Crippen molar-refractivity contribution in [3.8, 4) is 17.0 Å². The Labute approximate surface area is 188 Å². The molecule has 3 N–H and O–H groups in total. The SMILES string of the molecule is COc1ccc(C2(C)NC(=O)N(CC(=O)Nc3cccc(-c4ccc(=O)[nH]n4)c3)C2=O)cc1. The molecule has 4 amide bonds. The van der Waals surface area contributed by atoms with Crippen molar-refractivity contribution in [3.05, 3.63) is 76.6 Å². The largest absolute Gasteiger partial charge is 0.497 e. The Kier molecular flexibility index (Phi) is 5.65. The Morgan fingerprint density at radius 1 is 1.09 bits per heavy atom. The van der Waals surface area contributed by atoms with Crippen molar-refractivity contribution < 1.29 is 19.1 Å². The van der Waals surface area contributed by atoms with Gasteiger partial charge in [-0.3, -0.25) is 19.3 Å². The summed E-state index contributed by atoms with van der Waals surface area (Å²) in [6.45, 7) is 1.14. The van der Waals surface area contributed by atoms with Crippen molar-refractivity contribution in [1.29, 1.82) is 0 Å². The van der Waals surface area contributed by atoms with Crippen molar-refractivity contribution in [2.75, 3.05) is 19.0 Å².